The van der Waals surface area contributed by atoms with Crippen LogP contribution in [0.5, 0.6) is 0 Å². The first-order valence-electron chi connectivity index (χ1n) is 10.0. The highest BCUT2D eigenvalue weighted by Crippen LogP contribution is 2.24. The fraction of sp³-hybridized carbons (Fsp3) is 0.400. The summed E-state index contributed by atoms with van der Waals surface area (Å²) in [5, 5.41) is 21.1. The molecule has 0 unspecified atom stereocenters. The molecule has 13 heteroatoms. The Hall–Kier alpha value is -2.74. The fourth-order valence-electron chi connectivity index (χ4n) is 2.67. The van der Waals surface area contributed by atoms with Gasteiger partial charge in [0.2, 0.25) is 0 Å². The van der Waals surface area contributed by atoms with Crippen molar-refractivity contribution in [1.82, 2.24) is 25.6 Å². The maximum Gasteiger partial charge on any atom is 0.355 e. The van der Waals surface area contributed by atoms with E-state index in [0.29, 0.717) is 20.7 Å². The van der Waals surface area contributed by atoms with Crippen LogP contribution in [0.3, 0.4) is 0 Å². The number of nitrogens with two attached hydrogens (primary N) is 1. The van der Waals surface area contributed by atoms with Crippen molar-refractivity contribution >= 4 is 51.8 Å². The number of aromatic carboxylic acids is 1. The minimum Gasteiger partial charge on any atom is -0.476 e. The van der Waals surface area contributed by atoms with E-state index in [2.05, 4.69) is 25.6 Å². The Morgan fingerprint density at radius 1 is 0.788 bits per heavy atom. The zero-order valence-corrected chi connectivity index (χ0v) is 20.8. The summed E-state index contributed by atoms with van der Waals surface area (Å²) >= 11 is 3.76. The molecule has 176 valence electrons. The van der Waals surface area contributed by atoms with Gasteiger partial charge in [-0.05, 0) is 19.8 Å². The second-order valence-electron chi connectivity index (χ2n) is 7.68. The SMILES string of the molecule is CC(C)[C@H](N)c1nc(C(=O)N[C@@H](C)c2nc(C(=O)N[C@@H](C)c3nc(C(=O)O)cs3)cs2)cs1. The molecule has 0 radical (unpaired) electrons. The average Bonchev–Trinajstić information content (AvgIpc) is 3.53. The quantitative estimate of drug-likeness (QED) is 0.342. The highest BCUT2D eigenvalue weighted by atomic mass is 32.1. The molecule has 10 nitrogen and oxygen atoms in total. The summed E-state index contributed by atoms with van der Waals surface area (Å²) in [6.45, 7) is 7.48. The van der Waals surface area contributed by atoms with Crippen LogP contribution >= 0.6 is 34.0 Å². The van der Waals surface area contributed by atoms with Crippen molar-refractivity contribution in [2.24, 2.45) is 11.7 Å². The van der Waals surface area contributed by atoms with E-state index in [1.807, 2.05) is 13.8 Å². The van der Waals surface area contributed by atoms with Crippen LogP contribution in [0.25, 0.3) is 0 Å². The molecule has 0 aromatic carbocycles. The number of amides is 2. The van der Waals surface area contributed by atoms with Crippen LogP contribution in [0.15, 0.2) is 16.1 Å². The summed E-state index contributed by atoms with van der Waals surface area (Å²) < 4.78 is 0. The number of hydrogen-bond donors (Lipinski definition) is 4. The van der Waals surface area contributed by atoms with Crippen LogP contribution in [0.1, 0.15) is 92.3 Å². The van der Waals surface area contributed by atoms with E-state index in [-0.39, 0.29) is 29.3 Å². The van der Waals surface area contributed by atoms with E-state index >= 15 is 0 Å². The Bertz CT molecular complexity index is 1150. The molecule has 0 aliphatic rings. The van der Waals surface area contributed by atoms with Crippen LogP contribution in [-0.2, 0) is 0 Å². The van der Waals surface area contributed by atoms with Crippen molar-refractivity contribution in [2.75, 3.05) is 0 Å². The van der Waals surface area contributed by atoms with E-state index in [1.165, 1.54) is 28.1 Å². The second kappa shape index (κ2) is 10.5. The van der Waals surface area contributed by atoms with Gasteiger partial charge < -0.3 is 21.5 Å². The molecular formula is C20H24N6O4S3. The standard InChI is InChI=1S/C20H24N6O4S3/c1-8(2)14(21)19-25-12(6-33-19)16(28)22-9(3)17-24-11(5-31-17)15(27)23-10(4)18-26-13(7-32-18)20(29)30/h5-10,14H,21H2,1-4H3,(H,22,28)(H,23,27)(H,29,30)/t9-,10-,14-/m0/s1. The summed E-state index contributed by atoms with van der Waals surface area (Å²) in [7, 11) is 0. The molecule has 3 heterocycles. The molecule has 0 aliphatic heterocycles. The van der Waals surface area contributed by atoms with Gasteiger partial charge in [0.05, 0.1) is 18.1 Å². The van der Waals surface area contributed by atoms with Gasteiger partial charge in [-0.15, -0.1) is 34.0 Å². The third-order valence-corrected chi connectivity index (χ3v) is 7.69. The monoisotopic (exact) mass is 508 g/mol. The van der Waals surface area contributed by atoms with Gasteiger partial charge in [0, 0.05) is 16.1 Å². The number of carboxylic acids is 1. The van der Waals surface area contributed by atoms with Gasteiger partial charge in [0.1, 0.15) is 26.4 Å². The molecule has 3 aromatic heterocycles. The van der Waals surface area contributed by atoms with Gasteiger partial charge in [-0.3, -0.25) is 9.59 Å². The first kappa shape index (κ1) is 24.9. The van der Waals surface area contributed by atoms with E-state index in [0.717, 1.165) is 11.3 Å². The van der Waals surface area contributed by atoms with E-state index in [9.17, 15) is 14.4 Å². The van der Waals surface area contributed by atoms with Crippen molar-refractivity contribution in [1.29, 1.82) is 0 Å². The van der Waals surface area contributed by atoms with Gasteiger partial charge in [-0.2, -0.15) is 0 Å². The molecule has 0 fully saturated rings. The van der Waals surface area contributed by atoms with Crippen molar-refractivity contribution in [3.8, 4) is 0 Å². The van der Waals surface area contributed by atoms with Crippen LogP contribution in [0.2, 0.25) is 0 Å². The minimum atomic E-state index is -1.12. The molecule has 0 saturated carbocycles. The Balaban J connectivity index is 1.60. The van der Waals surface area contributed by atoms with Gasteiger partial charge in [-0.25, -0.2) is 19.7 Å². The number of carbonyl (C=O) groups excluding carboxylic acids is 2. The van der Waals surface area contributed by atoms with Crippen LogP contribution in [-0.4, -0.2) is 37.8 Å². The summed E-state index contributed by atoms with van der Waals surface area (Å²) in [5.74, 6) is -1.66. The first-order valence-corrected chi connectivity index (χ1v) is 12.7. The molecule has 0 saturated heterocycles. The number of hydrogen-bond acceptors (Lipinski definition) is 10. The summed E-state index contributed by atoms with van der Waals surface area (Å²) in [5.41, 5.74) is 6.54. The number of carboxylic acid groups (broad SMARTS) is 1. The highest BCUT2D eigenvalue weighted by Gasteiger charge is 2.22. The maximum absolute atomic E-state index is 12.6. The number of nitrogens with one attached hydrogen (secondary N) is 2. The van der Waals surface area contributed by atoms with Gasteiger partial charge in [0.25, 0.3) is 11.8 Å². The zero-order valence-electron chi connectivity index (χ0n) is 18.4. The number of thiazole rings is 3. The lowest BCUT2D eigenvalue weighted by molar-refractivity contribution is 0.0690. The third kappa shape index (κ3) is 5.99. The van der Waals surface area contributed by atoms with Crippen molar-refractivity contribution < 1.29 is 19.5 Å². The summed E-state index contributed by atoms with van der Waals surface area (Å²) in [6.07, 6.45) is 0. The second-order valence-corrected chi connectivity index (χ2v) is 10.3. The summed E-state index contributed by atoms with van der Waals surface area (Å²) in [6, 6.07) is -1.13. The van der Waals surface area contributed by atoms with E-state index < -0.39 is 24.0 Å². The van der Waals surface area contributed by atoms with Crippen LogP contribution in [0, 0.1) is 5.92 Å². The van der Waals surface area contributed by atoms with Crippen LogP contribution in [0.4, 0.5) is 0 Å². The average molecular weight is 509 g/mol. The molecule has 3 atom stereocenters. The zero-order chi connectivity index (χ0) is 24.3. The van der Waals surface area contributed by atoms with Crippen molar-refractivity contribution in [2.45, 2.75) is 45.8 Å². The summed E-state index contributed by atoms with van der Waals surface area (Å²) in [4.78, 5) is 48.8. The molecule has 0 spiro atoms. The van der Waals surface area contributed by atoms with Crippen LogP contribution < -0.4 is 16.4 Å². The Morgan fingerprint density at radius 3 is 1.61 bits per heavy atom. The molecular weight excluding hydrogens is 484 g/mol. The lowest BCUT2D eigenvalue weighted by atomic mass is 10.1. The molecule has 33 heavy (non-hydrogen) atoms. The Labute approximate surface area is 202 Å². The van der Waals surface area contributed by atoms with E-state index in [1.54, 1.807) is 24.6 Å². The number of aromatic nitrogens is 3. The first-order chi connectivity index (χ1) is 15.6. The molecule has 0 aliphatic carbocycles. The molecule has 2 amide bonds. The Kier molecular flexibility index (Phi) is 7.89. The predicted molar refractivity (Wildman–Crippen MR) is 127 cm³/mol. The molecule has 3 aromatic rings. The third-order valence-electron chi connectivity index (χ3n) is 4.69. The lowest BCUT2D eigenvalue weighted by Crippen LogP contribution is -2.28. The van der Waals surface area contributed by atoms with Gasteiger partial charge in [0.15, 0.2) is 5.69 Å². The predicted octanol–water partition coefficient (Wildman–Crippen LogP) is 3.39. The molecule has 5 N–H and O–H groups in total. The van der Waals surface area contributed by atoms with Gasteiger partial charge in [-0.1, -0.05) is 13.8 Å². The van der Waals surface area contributed by atoms with Crippen molar-refractivity contribution in [3.05, 3.63) is 48.2 Å². The number of rotatable bonds is 9. The minimum absolute atomic E-state index is 0.0602. The Morgan fingerprint density at radius 2 is 1.18 bits per heavy atom. The van der Waals surface area contributed by atoms with E-state index in [4.69, 9.17) is 10.8 Å². The molecule has 3 rings (SSSR count). The smallest absolute Gasteiger partial charge is 0.355 e. The van der Waals surface area contributed by atoms with Crippen molar-refractivity contribution in [3.63, 3.8) is 0 Å². The maximum atomic E-state index is 12.6. The van der Waals surface area contributed by atoms with Gasteiger partial charge >= 0.3 is 5.97 Å². The lowest BCUT2D eigenvalue weighted by Gasteiger charge is -2.12. The fourth-order valence-corrected chi connectivity index (χ4v) is 5.25. The normalized spacial score (nSPS) is 14.0. The number of nitrogens with zero attached hydrogens (tertiary/aromatic N) is 3. The topological polar surface area (TPSA) is 160 Å². The highest BCUT2D eigenvalue weighted by molar-refractivity contribution is 7.10. The molecule has 0 bridgehead atoms. The number of carbonyl (C=O) groups is 3. The largest absolute Gasteiger partial charge is 0.476 e.